The summed E-state index contributed by atoms with van der Waals surface area (Å²) in [5.74, 6) is 1.34. The van der Waals surface area contributed by atoms with Crippen LogP contribution in [0.15, 0.2) is 23.3 Å². The van der Waals surface area contributed by atoms with Gasteiger partial charge in [0.1, 0.15) is 0 Å². The Morgan fingerprint density at radius 2 is 2.00 bits per heavy atom. The topological polar surface area (TPSA) is 96.4 Å². The summed E-state index contributed by atoms with van der Waals surface area (Å²) in [6, 6.07) is 3.75. The first kappa shape index (κ1) is 22.4. The summed E-state index contributed by atoms with van der Waals surface area (Å²) in [6.45, 7) is 6.64. The van der Waals surface area contributed by atoms with E-state index >= 15 is 0 Å². The van der Waals surface area contributed by atoms with Gasteiger partial charge >= 0.3 is 0 Å². The fourth-order valence-corrected chi connectivity index (χ4v) is 4.13. The molecular formula is C18H31N5O4S. The average molecular weight is 414 g/mol. The first-order valence-corrected chi connectivity index (χ1v) is 11.0. The van der Waals surface area contributed by atoms with Crippen molar-refractivity contribution in [3.05, 3.63) is 23.9 Å². The number of hydrogen-bond donors (Lipinski definition) is 1. The number of guanidine groups is 1. The molecule has 158 valence electrons. The van der Waals surface area contributed by atoms with Crippen molar-refractivity contribution in [1.82, 2.24) is 19.5 Å². The van der Waals surface area contributed by atoms with Crippen LogP contribution in [0.5, 0.6) is 5.88 Å². The molecule has 0 atom stereocenters. The van der Waals surface area contributed by atoms with Crippen LogP contribution in [-0.4, -0.2) is 87.4 Å². The number of sulfonamides is 1. The number of aromatic nitrogens is 1. The van der Waals surface area contributed by atoms with E-state index in [0.29, 0.717) is 38.6 Å². The first-order chi connectivity index (χ1) is 13.4. The van der Waals surface area contributed by atoms with Crippen molar-refractivity contribution in [2.45, 2.75) is 26.5 Å². The van der Waals surface area contributed by atoms with E-state index in [9.17, 15) is 8.42 Å². The summed E-state index contributed by atoms with van der Waals surface area (Å²) in [7, 11) is 0.0103. The molecule has 9 nitrogen and oxygen atoms in total. The lowest BCUT2D eigenvalue weighted by molar-refractivity contribution is 0.0904. The molecule has 1 N–H and O–H groups in total. The molecule has 1 aliphatic heterocycles. The molecular weight excluding hydrogens is 382 g/mol. The van der Waals surface area contributed by atoms with Crippen LogP contribution in [0.25, 0.3) is 0 Å². The fraction of sp³-hybridized carbons (Fsp3) is 0.667. The van der Waals surface area contributed by atoms with Gasteiger partial charge in [-0.2, -0.15) is 4.31 Å². The number of ether oxygens (including phenoxy) is 2. The number of pyridine rings is 1. The third-order valence-electron chi connectivity index (χ3n) is 4.39. The molecule has 0 spiro atoms. The van der Waals surface area contributed by atoms with Crippen molar-refractivity contribution < 1.29 is 17.9 Å². The van der Waals surface area contributed by atoms with Crippen LogP contribution in [0.2, 0.25) is 0 Å². The number of nitrogens with zero attached hydrogens (tertiary/aromatic N) is 4. The Morgan fingerprint density at radius 1 is 1.29 bits per heavy atom. The normalized spacial score (nSPS) is 16.5. The molecule has 0 radical (unpaired) electrons. The average Bonchev–Trinajstić information content (AvgIpc) is 2.69. The van der Waals surface area contributed by atoms with Gasteiger partial charge in [-0.3, -0.25) is 4.99 Å². The minimum atomic E-state index is -3.30. The molecule has 10 heteroatoms. The van der Waals surface area contributed by atoms with E-state index < -0.39 is 10.0 Å². The summed E-state index contributed by atoms with van der Waals surface area (Å²) in [4.78, 5) is 10.6. The lowest BCUT2D eigenvalue weighted by Crippen LogP contribution is -2.54. The fourth-order valence-electron chi connectivity index (χ4n) is 2.85. The second kappa shape index (κ2) is 10.6. The van der Waals surface area contributed by atoms with Gasteiger partial charge in [-0.15, -0.1) is 0 Å². The summed E-state index contributed by atoms with van der Waals surface area (Å²) < 4.78 is 36.9. The molecule has 1 aromatic heterocycles. The third kappa shape index (κ3) is 6.61. The zero-order chi connectivity index (χ0) is 20.6. The molecule has 0 aromatic carbocycles. The van der Waals surface area contributed by atoms with Crippen molar-refractivity contribution >= 4 is 16.0 Å². The van der Waals surface area contributed by atoms with Crippen LogP contribution >= 0.6 is 0 Å². The van der Waals surface area contributed by atoms with Crippen molar-refractivity contribution in [2.24, 2.45) is 4.99 Å². The van der Waals surface area contributed by atoms with Crippen molar-refractivity contribution in [3.8, 4) is 5.88 Å². The number of nitrogens with one attached hydrogen (secondary N) is 1. The molecule has 28 heavy (non-hydrogen) atoms. The highest BCUT2D eigenvalue weighted by atomic mass is 32.2. The Labute approximate surface area is 167 Å². The van der Waals surface area contributed by atoms with E-state index in [2.05, 4.69) is 20.2 Å². The molecule has 1 saturated heterocycles. The maximum atomic E-state index is 12.4. The number of hydrogen-bond acceptors (Lipinski definition) is 6. The predicted molar refractivity (Wildman–Crippen MR) is 109 cm³/mol. The Bertz CT molecular complexity index is 729. The van der Waals surface area contributed by atoms with Gasteiger partial charge in [-0.05, 0) is 19.4 Å². The van der Waals surface area contributed by atoms with Crippen molar-refractivity contribution in [3.63, 3.8) is 0 Å². The summed E-state index contributed by atoms with van der Waals surface area (Å²) in [5, 5.41) is 3.30. The SMILES string of the molecule is CN=C(NCc1ccc(OC)nc1)N1CCN(S(=O)(=O)CCOC(C)C)CC1. The van der Waals surface area contributed by atoms with Crippen LogP contribution in [0.1, 0.15) is 19.4 Å². The Hall–Kier alpha value is -1.91. The predicted octanol–water partition coefficient (Wildman–Crippen LogP) is 0.538. The minimum Gasteiger partial charge on any atom is -0.481 e. The summed E-state index contributed by atoms with van der Waals surface area (Å²) >= 11 is 0. The smallest absolute Gasteiger partial charge is 0.216 e. The summed E-state index contributed by atoms with van der Waals surface area (Å²) in [6.07, 6.45) is 1.78. The van der Waals surface area contributed by atoms with E-state index in [1.165, 1.54) is 4.31 Å². The quantitative estimate of drug-likeness (QED) is 0.491. The Balaban J connectivity index is 1.82. The zero-order valence-corrected chi connectivity index (χ0v) is 17.9. The standard InChI is InChI=1S/C18H31N5O4S/c1-15(2)27-11-12-28(24,25)23-9-7-22(8-10-23)18(19-3)21-14-16-5-6-17(26-4)20-13-16/h5-6,13,15H,7-12,14H2,1-4H3,(H,19,21). The molecule has 2 rings (SSSR count). The molecule has 1 fully saturated rings. The lowest BCUT2D eigenvalue weighted by atomic mass is 10.3. The van der Waals surface area contributed by atoms with Crippen molar-refractivity contribution in [1.29, 1.82) is 0 Å². The van der Waals surface area contributed by atoms with Gasteiger partial charge < -0.3 is 19.7 Å². The second-order valence-corrected chi connectivity index (χ2v) is 8.82. The highest BCUT2D eigenvalue weighted by Gasteiger charge is 2.27. The van der Waals surface area contributed by atoms with Crippen LogP contribution < -0.4 is 10.1 Å². The highest BCUT2D eigenvalue weighted by Crippen LogP contribution is 2.10. The molecule has 0 aliphatic carbocycles. The minimum absolute atomic E-state index is 0.0165. The largest absolute Gasteiger partial charge is 0.481 e. The van der Waals surface area contributed by atoms with E-state index in [1.54, 1.807) is 20.4 Å². The highest BCUT2D eigenvalue weighted by molar-refractivity contribution is 7.89. The van der Waals surface area contributed by atoms with Gasteiger partial charge in [-0.25, -0.2) is 13.4 Å². The van der Waals surface area contributed by atoms with E-state index in [-0.39, 0.29) is 18.5 Å². The molecule has 1 aromatic rings. The van der Waals surface area contributed by atoms with E-state index in [1.807, 2.05) is 26.0 Å². The van der Waals surface area contributed by atoms with Gasteiger partial charge in [-0.1, -0.05) is 6.07 Å². The van der Waals surface area contributed by atoms with Crippen LogP contribution in [-0.2, 0) is 21.3 Å². The van der Waals surface area contributed by atoms with Crippen LogP contribution in [0, 0.1) is 0 Å². The van der Waals surface area contributed by atoms with Gasteiger partial charge in [0, 0.05) is 52.0 Å². The first-order valence-electron chi connectivity index (χ1n) is 9.39. The maximum Gasteiger partial charge on any atom is 0.216 e. The number of aliphatic imine (C=N–C) groups is 1. The maximum absolute atomic E-state index is 12.4. The molecule has 1 aliphatic rings. The van der Waals surface area contributed by atoms with E-state index in [0.717, 1.165) is 11.5 Å². The zero-order valence-electron chi connectivity index (χ0n) is 17.1. The van der Waals surface area contributed by atoms with Gasteiger partial charge in [0.2, 0.25) is 15.9 Å². The third-order valence-corrected chi connectivity index (χ3v) is 6.23. The molecule has 0 bridgehead atoms. The van der Waals surface area contributed by atoms with Gasteiger partial charge in [0.05, 0.1) is 25.6 Å². The number of piperazine rings is 1. The molecule has 0 saturated carbocycles. The molecule has 0 amide bonds. The summed E-state index contributed by atoms with van der Waals surface area (Å²) in [5.41, 5.74) is 1.01. The second-order valence-electron chi connectivity index (χ2n) is 6.73. The van der Waals surface area contributed by atoms with Crippen LogP contribution in [0.3, 0.4) is 0 Å². The Kier molecular flexibility index (Phi) is 8.46. The van der Waals surface area contributed by atoms with Gasteiger partial charge in [0.15, 0.2) is 5.96 Å². The van der Waals surface area contributed by atoms with Crippen molar-refractivity contribution in [2.75, 3.05) is 52.7 Å². The molecule has 0 unspecified atom stereocenters. The molecule has 2 heterocycles. The van der Waals surface area contributed by atoms with Gasteiger partial charge in [0.25, 0.3) is 0 Å². The number of methoxy groups -OCH3 is 1. The Morgan fingerprint density at radius 3 is 2.54 bits per heavy atom. The number of rotatable bonds is 8. The lowest BCUT2D eigenvalue weighted by Gasteiger charge is -2.35. The van der Waals surface area contributed by atoms with E-state index in [4.69, 9.17) is 9.47 Å². The van der Waals surface area contributed by atoms with Crippen LogP contribution in [0.4, 0.5) is 0 Å². The monoisotopic (exact) mass is 413 g/mol.